The molecule has 0 aliphatic carbocycles. The van der Waals surface area contributed by atoms with Crippen molar-refractivity contribution in [3.05, 3.63) is 69.8 Å². The van der Waals surface area contributed by atoms with Gasteiger partial charge in [-0.05, 0) is 63.7 Å². The summed E-state index contributed by atoms with van der Waals surface area (Å²) in [6.07, 6.45) is 0. The standard InChI is InChI=1S/C17H14INO/c18-13-6-8-14(9-7-13)19-11-16-15-4-2-1-3-12(15)5-10-17(16)20/h1-10,19-20H,11H2. The third-order valence-electron chi connectivity index (χ3n) is 3.33. The van der Waals surface area contributed by atoms with E-state index in [0.717, 1.165) is 22.0 Å². The number of phenolic OH excluding ortho intramolecular Hbond substituents is 1. The molecule has 0 aromatic heterocycles. The van der Waals surface area contributed by atoms with Gasteiger partial charge >= 0.3 is 0 Å². The lowest BCUT2D eigenvalue weighted by molar-refractivity contribution is 0.470. The molecular formula is C17H14INO. The molecule has 2 N–H and O–H groups in total. The van der Waals surface area contributed by atoms with Gasteiger partial charge in [0, 0.05) is 21.4 Å². The van der Waals surface area contributed by atoms with Crippen molar-refractivity contribution in [1.82, 2.24) is 0 Å². The molecule has 0 bridgehead atoms. The van der Waals surface area contributed by atoms with Crippen LogP contribution >= 0.6 is 22.6 Å². The summed E-state index contributed by atoms with van der Waals surface area (Å²) in [6, 6.07) is 20.0. The summed E-state index contributed by atoms with van der Waals surface area (Å²) in [5.41, 5.74) is 1.99. The fraction of sp³-hybridized carbons (Fsp3) is 0.0588. The molecule has 0 aliphatic rings. The summed E-state index contributed by atoms with van der Waals surface area (Å²) in [6.45, 7) is 0.605. The third-order valence-corrected chi connectivity index (χ3v) is 4.05. The fourth-order valence-electron chi connectivity index (χ4n) is 2.27. The van der Waals surface area contributed by atoms with Gasteiger partial charge in [-0.25, -0.2) is 0 Å². The number of halogens is 1. The van der Waals surface area contributed by atoms with Crippen LogP contribution in [-0.2, 0) is 6.54 Å². The Bertz CT molecular complexity index is 738. The Hall–Kier alpha value is -1.75. The van der Waals surface area contributed by atoms with Crippen molar-refractivity contribution in [2.24, 2.45) is 0 Å². The number of fused-ring (bicyclic) bond motifs is 1. The first-order chi connectivity index (χ1) is 9.74. The van der Waals surface area contributed by atoms with Crippen LogP contribution in [0.3, 0.4) is 0 Å². The van der Waals surface area contributed by atoms with Gasteiger partial charge in [0.1, 0.15) is 5.75 Å². The van der Waals surface area contributed by atoms with Crippen LogP contribution in [0.25, 0.3) is 10.8 Å². The molecule has 3 heteroatoms. The maximum atomic E-state index is 10.1. The second kappa shape index (κ2) is 5.71. The van der Waals surface area contributed by atoms with Crippen LogP contribution in [0.4, 0.5) is 5.69 Å². The van der Waals surface area contributed by atoms with Crippen molar-refractivity contribution >= 4 is 39.1 Å². The molecule has 0 amide bonds. The quantitative estimate of drug-likeness (QED) is 0.647. The van der Waals surface area contributed by atoms with E-state index >= 15 is 0 Å². The van der Waals surface area contributed by atoms with Crippen LogP contribution in [-0.4, -0.2) is 5.11 Å². The van der Waals surface area contributed by atoms with Gasteiger partial charge in [0.25, 0.3) is 0 Å². The summed E-state index contributed by atoms with van der Waals surface area (Å²) in [4.78, 5) is 0. The molecule has 0 saturated carbocycles. The highest BCUT2D eigenvalue weighted by atomic mass is 127. The molecule has 0 heterocycles. The Morgan fingerprint density at radius 1 is 0.900 bits per heavy atom. The molecule has 100 valence electrons. The summed E-state index contributed by atoms with van der Waals surface area (Å²) in [7, 11) is 0. The molecule has 3 rings (SSSR count). The molecule has 0 aliphatic heterocycles. The maximum Gasteiger partial charge on any atom is 0.121 e. The van der Waals surface area contributed by atoms with Crippen LogP contribution in [0, 0.1) is 3.57 Å². The highest BCUT2D eigenvalue weighted by molar-refractivity contribution is 14.1. The predicted molar refractivity (Wildman–Crippen MR) is 92.1 cm³/mol. The number of hydrogen-bond donors (Lipinski definition) is 2. The Labute approximate surface area is 131 Å². The number of phenols is 1. The maximum absolute atomic E-state index is 10.1. The van der Waals surface area contributed by atoms with E-state index in [1.807, 2.05) is 36.4 Å². The minimum absolute atomic E-state index is 0.335. The average Bonchev–Trinajstić information content (AvgIpc) is 2.48. The highest BCUT2D eigenvalue weighted by Gasteiger charge is 2.06. The Morgan fingerprint density at radius 3 is 2.45 bits per heavy atom. The third kappa shape index (κ3) is 2.72. The first kappa shape index (κ1) is 13.2. The number of nitrogens with one attached hydrogen (secondary N) is 1. The minimum Gasteiger partial charge on any atom is -0.508 e. The predicted octanol–water partition coefficient (Wildman–Crippen LogP) is 4.76. The Kier molecular flexibility index (Phi) is 3.78. The normalized spacial score (nSPS) is 10.7. The summed E-state index contributed by atoms with van der Waals surface area (Å²) < 4.78 is 1.21. The number of hydrogen-bond acceptors (Lipinski definition) is 2. The first-order valence-corrected chi connectivity index (χ1v) is 7.51. The van der Waals surface area contributed by atoms with Crippen molar-refractivity contribution < 1.29 is 5.11 Å². The Balaban J connectivity index is 1.90. The molecule has 0 spiro atoms. The monoisotopic (exact) mass is 375 g/mol. The van der Waals surface area contributed by atoms with E-state index < -0.39 is 0 Å². The molecule has 3 aromatic rings. The number of benzene rings is 3. The van der Waals surface area contributed by atoms with Crippen molar-refractivity contribution in [2.45, 2.75) is 6.54 Å². The lowest BCUT2D eigenvalue weighted by Gasteiger charge is -2.11. The van der Waals surface area contributed by atoms with Crippen molar-refractivity contribution in [1.29, 1.82) is 0 Å². The van der Waals surface area contributed by atoms with Crippen LogP contribution in [0.1, 0.15) is 5.56 Å². The fourth-order valence-corrected chi connectivity index (χ4v) is 2.63. The van der Waals surface area contributed by atoms with Gasteiger partial charge in [0.2, 0.25) is 0 Å². The van der Waals surface area contributed by atoms with Gasteiger partial charge in [0.15, 0.2) is 0 Å². The molecule has 3 aromatic carbocycles. The first-order valence-electron chi connectivity index (χ1n) is 6.43. The Morgan fingerprint density at radius 2 is 1.65 bits per heavy atom. The second-order valence-electron chi connectivity index (χ2n) is 4.64. The number of rotatable bonds is 3. The summed E-state index contributed by atoms with van der Waals surface area (Å²) >= 11 is 2.29. The van der Waals surface area contributed by atoms with Gasteiger partial charge in [-0.2, -0.15) is 0 Å². The second-order valence-corrected chi connectivity index (χ2v) is 5.89. The van der Waals surface area contributed by atoms with E-state index in [0.29, 0.717) is 12.3 Å². The van der Waals surface area contributed by atoms with Gasteiger partial charge in [-0.1, -0.05) is 30.3 Å². The summed E-state index contributed by atoms with van der Waals surface area (Å²) in [5, 5.41) is 15.7. The SMILES string of the molecule is Oc1ccc2ccccc2c1CNc1ccc(I)cc1. The van der Waals surface area contributed by atoms with Crippen LogP contribution in [0.15, 0.2) is 60.7 Å². The topological polar surface area (TPSA) is 32.3 Å². The molecule has 2 nitrogen and oxygen atoms in total. The zero-order valence-corrected chi connectivity index (χ0v) is 13.0. The smallest absolute Gasteiger partial charge is 0.121 e. The van der Waals surface area contributed by atoms with E-state index in [4.69, 9.17) is 0 Å². The molecule has 0 fully saturated rings. The number of aromatic hydroxyl groups is 1. The van der Waals surface area contributed by atoms with Crippen molar-refractivity contribution in [3.63, 3.8) is 0 Å². The number of anilines is 1. The molecule has 0 unspecified atom stereocenters. The highest BCUT2D eigenvalue weighted by Crippen LogP contribution is 2.27. The van der Waals surface area contributed by atoms with E-state index in [1.54, 1.807) is 6.07 Å². The van der Waals surface area contributed by atoms with Crippen LogP contribution in [0.5, 0.6) is 5.75 Å². The average molecular weight is 375 g/mol. The molecular weight excluding hydrogens is 361 g/mol. The van der Waals surface area contributed by atoms with E-state index in [1.165, 1.54) is 3.57 Å². The zero-order chi connectivity index (χ0) is 13.9. The van der Waals surface area contributed by atoms with Gasteiger partial charge in [0.05, 0.1) is 0 Å². The van der Waals surface area contributed by atoms with Gasteiger partial charge in [-0.15, -0.1) is 0 Å². The largest absolute Gasteiger partial charge is 0.508 e. The summed E-state index contributed by atoms with van der Waals surface area (Å²) in [5.74, 6) is 0.335. The molecule has 0 radical (unpaired) electrons. The van der Waals surface area contributed by atoms with Gasteiger partial charge in [-0.3, -0.25) is 0 Å². The zero-order valence-electron chi connectivity index (χ0n) is 10.8. The van der Waals surface area contributed by atoms with Crippen molar-refractivity contribution in [2.75, 3.05) is 5.32 Å². The van der Waals surface area contributed by atoms with Crippen LogP contribution < -0.4 is 5.32 Å². The van der Waals surface area contributed by atoms with E-state index in [2.05, 4.69) is 46.1 Å². The van der Waals surface area contributed by atoms with Crippen molar-refractivity contribution in [3.8, 4) is 5.75 Å². The molecule has 20 heavy (non-hydrogen) atoms. The lowest BCUT2D eigenvalue weighted by Crippen LogP contribution is -2.00. The lowest BCUT2D eigenvalue weighted by atomic mass is 10.0. The molecule has 0 atom stereocenters. The molecule has 0 saturated heterocycles. The van der Waals surface area contributed by atoms with Crippen LogP contribution in [0.2, 0.25) is 0 Å². The minimum atomic E-state index is 0.335. The van der Waals surface area contributed by atoms with E-state index in [-0.39, 0.29) is 0 Å². The van der Waals surface area contributed by atoms with E-state index in [9.17, 15) is 5.11 Å². The van der Waals surface area contributed by atoms with Gasteiger partial charge < -0.3 is 10.4 Å².